The summed E-state index contributed by atoms with van der Waals surface area (Å²) in [7, 11) is 0. The van der Waals surface area contributed by atoms with Crippen LogP contribution in [0.1, 0.15) is 35.7 Å². The van der Waals surface area contributed by atoms with E-state index in [0.717, 1.165) is 29.8 Å². The van der Waals surface area contributed by atoms with Gasteiger partial charge in [0.2, 0.25) is 0 Å². The maximum absolute atomic E-state index is 4.46. The third kappa shape index (κ3) is 3.21. The van der Waals surface area contributed by atoms with E-state index < -0.39 is 0 Å². The minimum atomic E-state index is 0.469. The predicted octanol–water partition coefficient (Wildman–Crippen LogP) is 3.57. The molecular weight excluding hydrogens is 366 g/mol. The zero-order valence-corrected chi connectivity index (χ0v) is 15.3. The Bertz CT molecular complexity index is 859. The van der Waals surface area contributed by atoms with Crippen LogP contribution in [0.25, 0.3) is 5.78 Å². The molecule has 24 heavy (non-hydrogen) atoms. The van der Waals surface area contributed by atoms with E-state index in [-0.39, 0.29) is 0 Å². The summed E-state index contributed by atoms with van der Waals surface area (Å²) in [5, 5.41) is 4.37. The van der Waals surface area contributed by atoms with Crippen molar-refractivity contribution in [3.63, 3.8) is 0 Å². The van der Waals surface area contributed by atoms with E-state index in [4.69, 9.17) is 0 Å². The molecule has 3 heterocycles. The summed E-state index contributed by atoms with van der Waals surface area (Å²) < 4.78 is 3.04. The summed E-state index contributed by atoms with van der Waals surface area (Å²) in [6.07, 6.45) is 3.98. The number of aromatic nitrogens is 4. The molecule has 0 aliphatic carbocycles. The number of halogens is 1. The van der Waals surface area contributed by atoms with E-state index in [1.54, 1.807) is 6.33 Å². The number of piperidine rings is 1. The fraction of sp³-hybridized carbons (Fsp3) is 0.389. The molecule has 124 valence electrons. The fourth-order valence-electron chi connectivity index (χ4n) is 3.58. The van der Waals surface area contributed by atoms with Crippen molar-refractivity contribution in [1.82, 2.24) is 24.5 Å². The van der Waals surface area contributed by atoms with Gasteiger partial charge in [0.1, 0.15) is 6.33 Å². The van der Waals surface area contributed by atoms with Crippen molar-refractivity contribution in [3.8, 4) is 0 Å². The van der Waals surface area contributed by atoms with Gasteiger partial charge in [0.15, 0.2) is 0 Å². The highest BCUT2D eigenvalue weighted by molar-refractivity contribution is 9.10. The van der Waals surface area contributed by atoms with Crippen LogP contribution in [0.3, 0.4) is 0 Å². The van der Waals surface area contributed by atoms with Crippen LogP contribution in [0.4, 0.5) is 0 Å². The Morgan fingerprint density at radius 2 is 2.21 bits per heavy atom. The topological polar surface area (TPSA) is 46.3 Å². The number of aryl methyl sites for hydroxylation is 1. The summed E-state index contributed by atoms with van der Waals surface area (Å²) in [5.41, 5.74) is 3.59. The van der Waals surface area contributed by atoms with Crippen molar-refractivity contribution in [2.45, 2.75) is 32.2 Å². The van der Waals surface area contributed by atoms with Gasteiger partial charge in [-0.05, 0) is 50.1 Å². The first-order chi connectivity index (χ1) is 11.7. The van der Waals surface area contributed by atoms with Gasteiger partial charge in [0.05, 0.1) is 5.69 Å². The Kier molecular flexibility index (Phi) is 4.33. The van der Waals surface area contributed by atoms with E-state index in [0.29, 0.717) is 11.7 Å². The highest BCUT2D eigenvalue weighted by Crippen LogP contribution is 2.28. The standard InChI is InChI=1S/C18H20BrN5/c1-13-8-17(24-18(22-13)20-12-21-24)15-5-3-7-23(11-15)10-14-4-2-6-16(19)9-14/h2,4,6,8-9,12,15H,3,5,7,10-11H2,1H3. The van der Waals surface area contributed by atoms with Crippen LogP contribution >= 0.6 is 15.9 Å². The number of hydrogen-bond donors (Lipinski definition) is 0. The molecule has 3 aromatic rings. The van der Waals surface area contributed by atoms with Gasteiger partial charge in [-0.3, -0.25) is 4.90 Å². The molecule has 1 fully saturated rings. The van der Waals surface area contributed by atoms with Crippen LogP contribution in [-0.4, -0.2) is 37.6 Å². The van der Waals surface area contributed by atoms with Crippen LogP contribution < -0.4 is 0 Å². The number of rotatable bonds is 3. The zero-order valence-electron chi connectivity index (χ0n) is 13.7. The molecule has 0 saturated carbocycles. The molecule has 1 atom stereocenters. The second-order valence-corrected chi connectivity index (χ2v) is 7.41. The van der Waals surface area contributed by atoms with Crippen LogP contribution in [-0.2, 0) is 6.54 Å². The maximum Gasteiger partial charge on any atom is 0.252 e. The van der Waals surface area contributed by atoms with E-state index in [9.17, 15) is 0 Å². The molecule has 0 N–H and O–H groups in total. The first-order valence-electron chi connectivity index (χ1n) is 8.33. The average Bonchev–Trinajstić information content (AvgIpc) is 3.02. The van der Waals surface area contributed by atoms with Crippen LogP contribution in [0, 0.1) is 6.92 Å². The molecule has 1 aromatic carbocycles. The molecule has 1 aliphatic heterocycles. The van der Waals surface area contributed by atoms with Crippen molar-refractivity contribution in [1.29, 1.82) is 0 Å². The first-order valence-corrected chi connectivity index (χ1v) is 9.12. The summed E-state index contributed by atoms with van der Waals surface area (Å²) in [4.78, 5) is 11.2. The summed E-state index contributed by atoms with van der Waals surface area (Å²) in [5.74, 6) is 1.17. The van der Waals surface area contributed by atoms with Crippen molar-refractivity contribution < 1.29 is 0 Å². The maximum atomic E-state index is 4.46. The van der Waals surface area contributed by atoms with Crippen molar-refractivity contribution in [2.24, 2.45) is 0 Å². The average molecular weight is 386 g/mol. The van der Waals surface area contributed by atoms with Crippen LogP contribution in [0.15, 0.2) is 41.1 Å². The van der Waals surface area contributed by atoms with Crippen LogP contribution in [0.5, 0.6) is 0 Å². The monoisotopic (exact) mass is 385 g/mol. The minimum absolute atomic E-state index is 0.469. The highest BCUT2D eigenvalue weighted by Gasteiger charge is 2.24. The van der Waals surface area contributed by atoms with Crippen LogP contribution in [0.2, 0.25) is 0 Å². The lowest BCUT2D eigenvalue weighted by molar-refractivity contribution is 0.197. The normalized spacial score (nSPS) is 19.0. The molecule has 1 unspecified atom stereocenters. The SMILES string of the molecule is Cc1cc(C2CCCN(Cc3cccc(Br)c3)C2)n2ncnc2n1. The predicted molar refractivity (Wildman–Crippen MR) is 96.9 cm³/mol. The Morgan fingerprint density at radius 3 is 3.08 bits per heavy atom. The minimum Gasteiger partial charge on any atom is -0.298 e. The highest BCUT2D eigenvalue weighted by atomic mass is 79.9. The van der Waals surface area contributed by atoms with Gasteiger partial charge in [0.25, 0.3) is 5.78 Å². The molecule has 6 heteroatoms. The molecule has 2 aromatic heterocycles. The number of fused-ring (bicyclic) bond motifs is 1. The van der Waals surface area contributed by atoms with Gasteiger partial charge < -0.3 is 0 Å². The first kappa shape index (κ1) is 15.7. The van der Waals surface area contributed by atoms with Crippen molar-refractivity contribution in [3.05, 3.63) is 58.1 Å². The fourth-order valence-corrected chi connectivity index (χ4v) is 4.03. The third-order valence-corrected chi connectivity index (χ3v) is 5.12. The largest absolute Gasteiger partial charge is 0.298 e. The molecule has 1 saturated heterocycles. The Labute approximate surface area is 149 Å². The lowest BCUT2D eigenvalue weighted by atomic mass is 9.93. The zero-order chi connectivity index (χ0) is 16.5. The van der Waals surface area contributed by atoms with Gasteiger partial charge in [0, 0.05) is 29.2 Å². The van der Waals surface area contributed by atoms with E-state index in [2.05, 4.69) is 66.2 Å². The lowest BCUT2D eigenvalue weighted by Gasteiger charge is -2.33. The quantitative estimate of drug-likeness (QED) is 0.691. The Hall–Kier alpha value is -1.79. The van der Waals surface area contributed by atoms with Gasteiger partial charge in [-0.25, -0.2) is 9.50 Å². The van der Waals surface area contributed by atoms with E-state index in [1.807, 2.05) is 11.4 Å². The summed E-state index contributed by atoms with van der Waals surface area (Å²) >= 11 is 3.56. The molecule has 0 radical (unpaired) electrons. The van der Waals surface area contributed by atoms with Crippen molar-refractivity contribution in [2.75, 3.05) is 13.1 Å². The van der Waals surface area contributed by atoms with Crippen molar-refractivity contribution >= 4 is 21.7 Å². The Balaban J connectivity index is 1.57. The van der Waals surface area contributed by atoms with Gasteiger partial charge in [-0.1, -0.05) is 28.1 Å². The summed E-state index contributed by atoms with van der Waals surface area (Å²) in [6.45, 7) is 5.21. The third-order valence-electron chi connectivity index (χ3n) is 4.63. The van der Waals surface area contributed by atoms with E-state index >= 15 is 0 Å². The number of nitrogens with zero attached hydrogens (tertiary/aromatic N) is 5. The molecular formula is C18H20BrN5. The second kappa shape index (κ2) is 6.61. The smallest absolute Gasteiger partial charge is 0.252 e. The number of hydrogen-bond acceptors (Lipinski definition) is 4. The lowest BCUT2D eigenvalue weighted by Crippen LogP contribution is -2.34. The van der Waals surface area contributed by atoms with E-state index in [1.165, 1.54) is 24.1 Å². The molecule has 4 rings (SSSR count). The van der Waals surface area contributed by atoms with Gasteiger partial charge in [-0.2, -0.15) is 10.1 Å². The molecule has 1 aliphatic rings. The molecule has 5 nitrogen and oxygen atoms in total. The molecule has 0 spiro atoms. The summed E-state index contributed by atoms with van der Waals surface area (Å²) in [6, 6.07) is 10.7. The Morgan fingerprint density at radius 1 is 1.29 bits per heavy atom. The second-order valence-electron chi connectivity index (χ2n) is 6.50. The van der Waals surface area contributed by atoms with Gasteiger partial charge >= 0.3 is 0 Å². The number of benzene rings is 1. The molecule has 0 amide bonds. The number of likely N-dealkylation sites (tertiary alicyclic amines) is 1. The molecule has 0 bridgehead atoms. The van der Waals surface area contributed by atoms with Gasteiger partial charge in [-0.15, -0.1) is 0 Å².